The van der Waals surface area contributed by atoms with E-state index in [2.05, 4.69) is 5.32 Å². The Labute approximate surface area is 158 Å². The molecule has 0 unspecified atom stereocenters. The number of nitrogens with one attached hydrogen (secondary N) is 1. The lowest BCUT2D eigenvalue weighted by Crippen LogP contribution is -2.15. The van der Waals surface area contributed by atoms with Crippen LogP contribution in [0, 0.1) is 0 Å². The van der Waals surface area contributed by atoms with Gasteiger partial charge in [0, 0.05) is 10.1 Å². The van der Waals surface area contributed by atoms with E-state index in [9.17, 15) is 9.59 Å². The van der Waals surface area contributed by atoms with E-state index in [-0.39, 0.29) is 22.2 Å². The van der Waals surface area contributed by atoms with Crippen molar-refractivity contribution in [3.63, 3.8) is 0 Å². The Balaban J connectivity index is 2.05. The first-order valence-corrected chi connectivity index (χ1v) is 9.04. The predicted molar refractivity (Wildman–Crippen MR) is 102 cm³/mol. The van der Waals surface area contributed by atoms with Gasteiger partial charge in [-0.1, -0.05) is 47.5 Å². The van der Waals surface area contributed by atoms with Crippen LogP contribution in [0.3, 0.4) is 0 Å². The van der Waals surface area contributed by atoms with E-state index in [1.54, 1.807) is 25.1 Å². The molecule has 0 bridgehead atoms. The Morgan fingerprint density at radius 2 is 1.72 bits per heavy atom. The van der Waals surface area contributed by atoms with Crippen LogP contribution in [0.2, 0.25) is 10.0 Å². The fourth-order valence-corrected chi connectivity index (χ4v) is 4.07. The van der Waals surface area contributed by atoms with Gasteiger partial charge in [0.15, 0.2) is 0 Å². The van der Waals surface area contributed by atoms with Crippen molar-refractivity contribution in [2.45, 2.75) is 6.92 Å². The van der Waals surface area contributed by atoms with Gasteiger partial charge < -0.3 is 10.1 Å². The summed E-state index contributed by atoms with van der Waals surface area (Å²) in [5.41, 5.74) is 0.497. The molecule has 0 saturated heterocycles. The third kappa shape index (κ3) is 3.49. The van der Waals surface area contributed by atoms with Gasteiger partial charge in [-0.3, -0.25) is 4.79 Å². The third-order valence-corrected chi connectivity index (χ3v) is 5.21. The summed E-state index contributed by atoms with van der Waals surface area (Å²) < 4.78 is 6.00. The van der Waals surface area contributed by atoms with Gasteiger partial charge in [0.2, 0.25) is 0 Å². The molecule has 3 aromatic rings. The number of hydrogen-bond acceptors (Lipinski definition) is 4. The van der Waals surface area contributed by atoms with Crippen LogP contribution in [0.1, 0.15) is 27.6 Å². The second-order valence-corrected chi connectivity index (χ2v) is 6.94. The van der Waals surface area contributed by atoms with Gasteiger partial charge >= 0.3 is 5.97 Å². The Morgan fingerprint density at radius 3 is 2.40 bits per heavy atom. The topological polar surface area (TPSA) is 55.4 Å². The van der Waals surface area contributed by atoms with Crippen LogP contribution >= 0.6 is 34.5 Å². The summed E-state index contributed by atoms with van der Waals surface area (Å²) in [6, 6.07) is 12.2. The summed E-state index contributed by atoms with van der Waals surface area (Å²) in [7, 11) is 0. The van der Waals surface area contributed by atoms with Crippen molar-refractivity contribution < 1.29 is 14.3 Å². The summed E-state index contributed by atoms with van der Waals surface area (Å²) in [4.78, 5) is 25.0. The quantitative estimate of drug-likeness (QED) is 0.583. The number of ether oxygens (including phenoxy) is 1. The van der Waals surface area contributed by atoms with Crippen molar-refractivity contribution in [3.05, 3.63) is 63.6 Å². The van der Waals surface area contributed by atoms with Crippen LogP contribution in [-0.2, 0) is 4.74 Å². The molecule has 1 heterocycles. The number of carbonyl (C=O) groups is 2. The van der Waals surface area contributed by atoms with E-state index in [0.717, 1.165) is 10.1 Å². The van der Waals surface area contributed by atoms with E-state index < -0.39 is 11.9 Å². The maximum atomic E-state index is 12.6. The number of benzene rings is 2. The monoisotopic (exact) mass is 393 g/mol. The SMILES string of the molecule is CCOC(=O)c1c(NC(=O)c2c(Cl)cccc2Cl)sc2ccccc12. The molecule has 0 saturated carbocycles. The zero-order valence-electron chi connectivity index (χ0n) is 13.1. The third-order valence-electron chi connectivity index (χ3n) is 3.49. The standard InChI is InChI=1S/C18H13Cl2NO3S/c1-2-24-18(23)14-10-6-3-4-9-13(10)25-17(14)21-16(22)15-11(19)7-5-8-12(15)20/h3-9H,2H2,1H3,(H,21,22). The van der Waals surface area contributed by atoms with Crippen molar-refractivity contribution in [2.24, 2.45) is 0 Å². The first-order valence-electron chi connectivity index (χ1n) is 7.47. The molecule has 1 amide bonds. The minimum Gasteiger partial charge on any atom is -0.462 e. The Bertz CT molecular complexity index is 948. The molecule has 25 heavy (non-hydrogen) atoms. The highest BCUT2D eigenvalue weighted by molar-refractivity contribution is 7.23. The molecule has 128 valence electrons. The van der Waals surface area contributed by atoms with Crippen molar-refractivity contribution in [2.75, 3.05) is 11.9 Å². The maximum absolute atomic E-state index is 12.6. The number of thiophene rings is 1. The van der Waals surface area contributed by atoms with Gasteiger partial charge in [-0.05, 0) is 25.1 Å². The van der Waals surface area contributed by atoms with Crippen molar-refractivity contribution in [1.82, 2.24) is 0 Å². The Morgan fingerprint density at radius 1 is 1.04 bits per heavy atom. The van der Waals surface area contributed by atoms with Crippen LogP contribution in [0.25, 0.3) is 10.1 Å². The zero-order valence-corrected chi connectivity index (χ0v) is 15.5. The molecule has 7 heteroatoms. The summed E-state index contributed by atoms with van der Waals surface area (Å²) in [6.07, 6.45) is 0. The van der Waals surface area contributed by atoms with Crippen LogP contribution in [0.5, 0.6) is 0 Å². The minimum absolute atomic E-state index is 0.165. The first kappa shape index (κ1) is 17.7. The second kappa shape index (κ2) is 7.44. The molecule has 4 nitrogen and oxygen atoms in total. The van der Waals surface area contributed by atoms with Crippen LogP contribution in [-0.4, -0.2) is 18.5 Å². The molecule has 0 fully saturated rings. The summed E-state index contributed by atoms with van der Waals surface area (Å²) in [5, 5.41) is 4.36. The van der Waals surface area contributed by atoms with Gasteiger partial charge in [-0.2, -0.15) is 0 Å². The number of esters is 1. The molecule has 0 atom stereocenters. The smallest absolute Gasteiger partial charge is 0.341 e. The lowest BCUT2D eigenvalue weighted by atomic mass is 10.1. The highest BCUT2D eigenvalue weighted by Gasteiger charge is 2.23. The number of hydrogen-bond donors (Lipinski definition) is 1. The fraction of sp³-hybridized carbons (Fsp3) is 0.111. The van der Waals surface area contributed by atoms with E-state index in [1.807, 2.05) is 24.3 Å². The van der Waals surface area contributed by atoms with Crippen LogP contribution in [0.4, 0.5) is 5.00 Å². The molecule has 0 radical (unpaired) electrons. The van der Waals surface area contributed by atoms with Gasteiger partial charge in [0.1, 0.15) is 10.6 Å². The number of carbonyl (C=O) groups excluding carboxylic acids is 2. The highest BCUT2D eigenvalue weighted by atomic mass is 35.5. The molecule has 1 aromatic heterocycles. The van der Waals surface area contributed by atoms with Gasteiger partial charge in [0.05, 0.1) is 22.2 Å². The van der Waals surface area contributed by atoms with Gasteiger partial charge in [-0.25, -0.2) is 4.79 Å². The van der Waals surface area contributed by atoms with E-state index in [1.165, 1.54) is 11.3 Å². The summed E-state index contributed by atoms with van der Waals surface area (Å²) in [5.74, 6) is -0.965. The Hall–Kier alpha value is -2.08. The number of halogens is 2. The number of rotatable bonds is 4. The summed E-state index contributed by atoms with van der Waals surface area (Å²) in [6.45, 7) is 1.97. The number of amides is 1. The lowest BCUT2D eigenvalue weighted by molar-refractivity contribution is 0.0530. The molecule has 1 N–H and O–H groups in total. The second-order valence-electron chi connectivity index (χ2n) is 5.07. The molecular formula is C18H13Cl2NO3S. The first-order chi connectivity index (χ1) is 12.0. The molecule has 0 aliphatic carbocycles. The van der Waals surface area contributed by atoms with E-state index in [0.29, 0.717) is 10.6 Å². The average molecular weight is 394 g/mol. The molecule has 2 aromatic carbocycles. The lowest BCUT2D eigenvalue weighted by Gasteiger charge is -2.09. The molecule has 0 aliphatic heterocycles. The van der Waals surface area contributed by atoms with Gasteiger partial charge in [0.25, 0.3) is 5.91 Å². The normalized spacial score (nSPS) is 10.7. The highest BCUT2D eigenvalue weighted by Crippen LogP contribution is 2.37. The van der Waals surface area contributed by atoms with Crippen molar-refractivity contribution >= 4 is 61.5 Å². The zero-order chi connectivity index (χ0) is 18.0. The van der Waals surface area contributed by atoms with Crippen molar-refractivity contribution in [3.8, 4) is 0 Å². The van der Waals surface area contributed by atoms with Crippen LogP contribution in [0.15, 0.2) is 42.5 Å². The number of anilines is 1. The number of fused-ring (bicyclic) bond motifs is 1. The van der Waals surface area contributed by atoms with E-state index in [4.69, 9.17) is 27.9 Å². The van der Waals surface area contributed by atoms with Crippen molar-refractivity contribution in [1.29, 1.82) is 0 Å². The molecule has 0 aliphatic rings. The molecule has 0 spiro atoms. The predicted octanol–water partition coefficient (Wildman–Crippen LogP) is 5.64. The average Bonchev–Trinajstić information content (AvgIpc) is 2.92. The fourth-order valence-electron chi connectivity index (χ4n) is 2.42. The Kier molecular flexibility index (Phi) is 5.27. The van der Waals surface area contributed by atoms with Gasteiger partial charge in [-0.15, -0.1) is 11.3 Å². The molecular weight excluding hydrogens is 381 g/mol. The largest absolute Gasteiger partial charge is 0.462 e. The van der Waals surface area contributed by atoms with Crippen LogP contribution < -0.4 is 5.32 Å². The maximum Gasteiger partial charge on any atom is 0.341 e. The molecule has 3 rings (SSSR count). The van der Waals surface area contributed by atoms with E-state index >= 15 is 0 Å². The minimum atomic E-state index is -0.486. The summed E-state index contributed by atoms with van der Waals surface area (Å²) >= 11 is 13.5.